The van der Waals surface area contributed by atoms with E-state index in [2.05, 4.69) is 51.6 Å². The van der Waals surface area contributed by atoms with Crippen molar-refractivity contribution in [1.29, 1.82) is 0 Å². The lowest BCUT2D eigenvalue weighted by molar-refractivity contribution is -0.144. The van der Waals surface area contributed by atoms with Gasteiger partial charge in [-0.25, -0.2) is 0 Å². The zero-order valence-electron chi connectivity index (χ0n) is 39.2. The minimum absolute atomic E-state index is 0.0390. The van der Waals surface area contributed by atoms with Crippen LogP contribution in [0.3, 0.4) is 0 Å². The average molecular weight is 807 g/mol. The Kier molecular flexibility index (Phi) is 41.3. The first kappa shape index (κ1) is 55.4. The normalized spacial score (nSPS) is 11.6. The van der Waals surface area contributed by atoms with Crippen molar-refractivity contribution in [2.24, 2.45) is 11.8 Å². The van der Waals surface area contributed by atoms with Crippen LogP contribution >= 0.6 is 0 Å². The number of carbonyl (C=O) groups is 3. The van der Waals surface area contributed by atoms with Crippen molar-refractivity contribution >= 4 is 17.8 Å². The van der Waals surface area contributed by atoms with Gasteiger partial charge in [0.2, 0.25) is 5.91 Å². The molecule has 0 atom stereocenters. The Balaban J connectivity index is 4.25. The summed E-state index contributed by atoms with van der Waals surface area (Å²) in [6.45, 7) is 12.8. The van der Waals surface area contributed by atoms with E-state index in [1.807, 2.05) is 0 Å². The van der Waals surface area contributed by atoms with Gasteiger partial charge in [0.05, 0.1) is 13.2 Å². The van der Waals surface area contributed by atoms with Crippen molar-refractivity contribution in [2.45, 2.75) is 246 Å². The molecule has 57 heavy (non-hydrogen) atoms. The Morgan fingerprint density at radius 2 is 0.737 bits per heavy atom. The number of rotatable bonds is 44. The van der Waals surface area contributed by atoms with E-state index >= 15 is 0 Å². The van der Waals surface area contributed by atoms with Crippen molar-refractivity contribution in [3.63, 3.8) is 0 Å². The zero-order chi connectivity index (χ0) is 42.0. The van der Waals surface area contributed by atoms with Crippen molar-refractivity contribution in [3.8, 4) is 0 Å². The third-order valence-corrected chi connectivity index (χ3v) is 11.9. The third kappa shape index (κ3) is 38.3. The predicted octanol–water partition coefficient (Wildman–Crippen LogP) is 14.0. The molecule has 0 unspecified atom stereocenters. The molecule has 0 spiro atoms. The summed E-state index contributed by atoms with van der Waals surface area (Å²) in [6, 6.07) is 0. The summed E-state index contributed by atoms with van der Waals surface area (Å²) in [6.07, 6.45) is 38.2. The van der Waals surface area contributed by atoms with E-state index in [-0.39, 0.29) is 17.8 Å². The number of carbonyl (C=O) groups excluding carboxylic acids is 3. The average Bonchev–Trinajstić information content (AvgIpc) is 3.19. The van der Waals surface area contributed by atoms with Gasteiger partial charge in [-0.3, -0.25) is 14.4 Å². The summed E-state index contributed by atoms with van der Waals surface area (Å²) in [5.74, 6) is 1.78. The molecule has 0 saturated heterocycles. The molecular formula is C50H98N2O5. The molecule has 1 amide bonds. The largest absolute Gasteiger partial charge is 0.466 e. The molecule has 0 aromatic carbocycles. The SMILES string of the molecule is CCCCCC(CCCCC)CCCOC(=O)CCCCCCCN(CCCCCCCC(=O)OCCCC(CCCCC)CCCCC)C(=O)CCCN(C)C. The second kappa shape index (κ2) is 42.5. The van der Waals surface area contributed by atoms with Gasteiger partial charge in [-0.1, -0.05) is 169 Å². The molecule has 0 aromatic rings. The van der Waals surface area contributed by atoms with Gasteiger partial charge in [-0.05, 0) is 90.3 Å². The smallest absolute Gasteiger partial charge is 0.305 e. The molecule has 0 aliphatic heterocycles. The quantitative estimate of drug-likeness (QED) is 0.0451. The number of ether oxygens (including phenoxy) is 2. The molecule has 7 heteroatoms. The fraction of sp³-hybridized carbons (Fsp3) is 0.940. The highest BCUT2D eigenvalue weighted by molar-refractivity contribution is 5.76. The molecule has 0 saturated carbocycles. The summed E-state index contributed by atoms with van der Waals surface area (Å²) < 4.78 is 11.2. The molecular weight excluding hydrogens is 709 g/mol. The number of unbranched alkanes of at least 4 members (excludes halogenated alkanes) is 16. The van der Waals surface area contributed by atoms with Crippen molar-refractivity contribution in [1.82, 2.24) is 9.80 Å². The van der Waals surface area contributed by atoms with Gasteiger partial charge in [0, 0.05) is 32.4 Å². The third-order valence-electron chi connectivity index (χ3n) is 11.9. The highest BCUT2D eigenvalue weighted by Gasteiger charge is 2.14. The Labute approximate surface area is 355 Å². The molecule has 0 fully saturated rings. The van der Waals surface area contributed by atoms with Gasteiger partial charge in [-0.2, -0.15) is 0 Å². The maximum atomic E-state index is 13.1. The van der Waals surface area contributed by atoms with Gasteiger partial charge in [0.15, 0.2) is 0 Å². The number of amides is 1. The van der Waals surface area contributed by atoms with Crippen LogP contribution in [0.5, 0.6) is 0 Å². The van der Waals surface area contributed by atoms with E-state index < -0.39 is 0 Å². The van der Waals surface area contributed by atoms with Gasteiger partial charge in [-0.15, -0.1) is 0 Å². The van der Waals surface area contributed by atoms with Crippen LogP contribution in [0.15, 0.2) is 0 Å². The maximum absolute atomic E-state index is 13.1. The monoisotopic (exact) mass is 807 g/mol. The lowest BCUT2D eigenvalue weighted by Gasteiger charge is -2.23. The highest BCUT2D eigenvalue weighted by Crippen LogP contribution is 2.24. The molecule has 0 radical (unpaired) electrons. The van der Waals surface area contributed by atoms with Crippen LogP contribution in [0.1, 0.15) is 246 Å². The molecule has 0 N–H and O–H groups in total. The zero-order valence-corrected chi connectivity index (χ0v) is 39.2. The second-order valence-corrected chi connectivity index (χ2v) is 17.8. The van der Waals surface area contributed by atoms with E-state index in [1.54, 1.807) is 0 Å². The predicted molar refractivity (Wildman–Crippen MR) is 244 cm³/mol. The van der Waals surface area contributed by atoms with E-state index in [0.29, 0.717) is 32.5 Å². The maximum Gasteiger partial charge on any atom is 0.305 e. The van der Waals surface area contributed by atoms with Crippen molar-refractivity contribution in [2.75, 3.05) is 46.9 Å². The van der Waals surface area contributed by atoms with E-state index in [0.717, 1.165) is 115 Å². The summed E-state index contributed by atoms with van der Waals surface area (Å²) in [4.78, 5) is 42.1. The molecule has 0 aliphatic carbocycles. The van der Waals surface area contributed by atoms with Crippen LogP contribution in [0.4, 0.5) is 0 Å². The summed E-state index contributed by atoms with van der Waals surface area (Å²) >= 11 is 0. The van der Waals surface area contributed by atoms with Crippen LogP contribution < -0.4 is 0 Å². The Bertz CT molecular complexity index is 818. The van der Waals surface area contributed by atoms with E-state index in [1.165, 1.54) is 116 Å². The van der Waals surface area contributed by atoms with Crippen molar-refractivity contribution in [3.05, 3.63) is 0 Å². The van der Waals surface area contributed by atoms with Gasteiger partial charge >= 0.3 is 11.9 Å². The van der Waals surface area contributed by atoms with Crippen LogP contribution in [0.2, 0.25) is 0 Å². The molecule has 0 aromatic heterocycles. The topological polar surface area (TPSA) is 76.1 Å². The lowest BCUT2D eigenvalue weighted by atomic mass is 9.91. The summed E-state index contributed by atoms with van der Waals surface area (Å²) in [5, 5.41) is 0. The minimum atomic E-state index is -0.0390. The fourth-order valence-electron chi connectivity index (χ4n) is 8.13. The van der Waals surface area contributed by atoms with Gasteiger partial charge in [0.1, 0.15) is 0 Å². The molecule has 7 nitrogen and oxygen atoms in total. The first-order valence-corrected chi connectivity index (χ1v) is 25.0. The molecule has 0 aliphatic rings. The Morgan fingerprint density at radius 1 is 0.386 bits per heavy atom. The molecule has 0 heterocycles. The van der Waals surface area contributed by atoms with Crippen LogP contribution in [-0.4, -0.2) is 74.6 Å². The Morgan fingerprint density at radius 3 is 1.11 bits per heavy atom. The summed E-state index contributed by atoms with van der Waals surface area (Å²) in [5.41, 5.74) is 0. The van der Waals surface area contributed by atoms with Gasteiger partial charge in [0.25, 0.3) is 0 Å². The van der Waals surface area contributed by atoms with Crippen LogP contribution in [0.25, 0.3) is 0 Å². The second-order valence-electron chi connectivity index (χ2n) is 17.8. The number of esters is 2. The Hall–Kier alpha value is -1.63. The summed E-state index contributed by atoms with van der Waals surface area (Å²) in [7, 11) is 4.12. The molecule has 0 rings (SSSR count). The molecule has 0 bridgehead atoms. The number of hydrogen-bond acceptors (Lipinski definition) is 6. The first-order chi connectivity index (χ1) is 27.8. The van der Waals surface area contributed by atoms with Crippen molar-refractivity contribution < 1.29 is 23.9 Å². The lowest BCUT2D eigenvalue weighted by Crippen LogP contribution is -2.33. The fourth-order valence-corrected chi connectivity index (χ4v) is 8.13. The standard InChI is InChI=1S/C50H98N2O5/c1-7-11-21-32-46(33-22-12-8-2)36-30-44-56-49(54)39-25-17-15-19-27-42-52(48(53)38-29-41-51(5)6)43-28-20-16-18-26-40-50(55)57-45-31-37-47(34-23-13-9-3)35-24-14-10-4/h46-47H,7-45H2,1-6H3. The number of hydrogen-bond donors (Lipinski definition) is 0. The highest BCUT2D eigenvalue weighted by atomic mass is 16.5. The van der Waals surface area contributed by atoms with Gasteiger partial charge < -0.3 is 19.3 Å². The van der Waals surface area contributed by atoms with E-state index in [4.69, 9.17) is 9.47 Å². The van der Waals surface area contributed by atoms with Crippen LogP contribution in [-0.2, 0) is 23.9 Å². The van der Waals surface area contributed by atoms with E-state index in [9.17, 15) is 14.4 Å². The minimum Gasteiger partial charge on any atom is -0.466 e. The molecule has 338 valence electrons. The van der Waals surface area contributed by atoms with Crippen LogP contribution in [0, 0.1) is 11.8 Å². The number of nitrogens with zero attached hydrogens (tertiary/aromatic N) is 2. The first-order valence-electron chi connectivity index (χ1n) is 25.0.